The van der Waals surface area contributed by atoms with Crippen molar-refractivity contribution in [2.45, 2.75) is 37.2 Å². The predicted octanol–water partition coefficient (Wildman–Crippen LogP) is 3.40. The van der Waals surface area contributed by atoms with Gasteiger partial charge in [0.2, 0.25) is 10.0 Å². The largest absolute Gasteiger partial charge is 0.273 e. The number of aryl methyl sites for hydroxylation is 1. The van der Waals surface area contributed by atoms with E-state index in [4.69, 9.17) is 0 Å². The lowest BCUT2D eigenvalue weighted by Gasteiger charge is -2.22. The van der Waals surface area contributed by atoms with Crippen molar-refractivity contribution in [1.29, 1.82) is 0 Å². The van der Waals surface area contributed by atoms with Crippen LogP contribution in [0.25, 0.3) is 0 Å². The van der Waals surface area contributed by atoms with Crippen molar-refractivity contribution in [2.75, 3.05) is 0 Å². The van der Waals surface area contributed by atoms with Gasteiger partial charge in [0.25, 0.3) is 5.69 Å². The molecule has 0 spiro atoms. The fraction of sp³-hybridized carbons (Fsp3) is 0.294. The highest BCUT2D eigenvalue weighted by molar-refractivity contribution is 7.89. The van der Waals surface area contributed by atoms with E-state index in [1.807, 2.05) is 0 Å². The standard InChI is InChI=1S/C17H17FN2O4S/c1-12-2-9-16(10-17(12)20(21)22)25(23,24)19(15-7-8-15)11-13-3-5-14(18)6-4-13/h2-6,9-10,15H,7-8,11H2,1H3. The van der Waals surface area contributed by atoms with Crippen LogP contribution in [0.4, 0.5) is 10.1 Å². The first-order valence-electron chi connectivity index (χ1n) is 7.80. The molecule has 132 valence electrons. The molecule has 8 heteroatoms. The summed E-state index contributed by atoms with van der Waals surface area (Å²) in [6.45, 7) is 1.67. The molecule has 0 radical (unpaired) electrons. The predicted molar refractivity (Wildman–Crippen MR) is 90.0 cm³/mol. The van der Waals surface area contributed by atoms with Crippen LogP contribution in [0.15, 0.2) is 47.4 Å². The molecule has 1 fully saturated rings. The molecule has 3 rings (SSSR count). The number of nitrogens with zero attached hydrogens (tertiary/aromatic N) is 2. The van der Waals surface area contributed by atoms with Gasteiger partial charge in [-0.1, -0.05) is 18.2 Å². The molecule has 1 aliphatic carbocycles. The number of nitro benzene ring substituents is 1. The highest BCUT2D eigenvalue weighted by Gasteiger charge is 2.38. The Balaban J connectivity index is 1.96. The molecule has 25 heavy (non-hydrogen) atoms. The van der Waals surface area contributed by atoms with E-state index in [1.54, 1.807) is 6.92 Å². The Morgan fingerprint density at radius 3 is 2.40 bits per heavy atom. The number of hydrogen-bond donors (Lipinski definition) is 0. The lowest BCUT2D eigenvalue weighted by Crippen LogP contribution is -2.32. The Hall–Kier alpha value is -2.32. The molecule has 0 aromatic heterocycles. The van der Waals surface area contributed by atoms with Crippen molar-refractivity contribution in [3.63, 3.8) is 0 Å². The van der Waals surface area contributed by atoms with Crippen LogP contribution in [0, 0.1) is 22.9 Å². The van der Waals surface area contributed by atoms with Crippen LogP contribution in [0.1, 0.15) is 24.0 Å². The van der Waals surface area contributed by atoms with Crippen molar-refractivity contribution in [3.8, 4) is 0 Å². The van der Waals surface area contributed by atoms with Gasteiger partial charge < -0.3 is 0 Å². The molecule has 0 unspecified atom stereocenters. The van der Waals surface area contributed by atoms with Crippen molar-refractivity contribution in [3.05, 3.63) is 69.5 Å². The van der Waals surface area contributed by atoms with Gasteiger partial charge in [-0.05, 0) is 43.5 Å². The first-order valence-corrected chi connectivity index (χ1v) is 9.24. The van der Waals surface area contributed by atoms with Crippen molar-refractivity contribution in [1.82, 2.24) is 4.31 Å². The smallest absolute Gasteiger partial charge is 0.258 e. The van der Waals surface area contributed by atoms with Crippen LogP contribution < -0.4 is 0 Å². The summed E-state index contributed by atoms with van der Waals surface area (Å²) in [7, 11) is -3.88. The van der Waals surface area contributed by atoms with Gasteiger partial charge in [-0.3, -0.25) is 10.1 Å². The lowest BCUT2D eigenvalue weighted by molar-refractivity contribution is -0.385. The normalized spacial score (nSPS) is 14.7. The zero-order chi connectivity index (χ0) is 18.2. The number of nitro groups is 1. The summed E-state index contributed by atoms with van der Waals surface area (Å²) >= 11 is 0. The minimum Gasteiger partial charge on any atom is -0.258 e. The van der Waals surface area contributed by atoms with E-state index in [9.17, 15) is 22.9 Å². The molecule has 0 N–H and O–H groups in total. The SMILES string of the molecule is Cc1ccc(S(=O)(=O)N(Cc2ccc(F)cc2)C2CC2)cc1[N+](=O)[O-]. The molecule has 6 nitrogen and oxygen atoms in total. The van der Waals surface area contributed by atoms with Crippen LogP contribution in [-0.4, -0.2) is 23.7 Å². The Morgan fingerprint density at radius 2 is 1.84 bits per heavy atom. The Kier molecular flexibility index (Phi) is 4.57. The van der Waals surface area contributed by atoms with E-state index in [1.165, 1.54) is 40.7 Å². The van der Waals surface area contributed by atoms with E-state index in [0.29, 0.717) is 11.1 Å². The topological polar surface area (TPSA) is 80.5 Å². The highest BCUT2D eigenvalue weighted by Crippen LogP contribution is 2.34. The van der Waals surface area contributed by atoms with E-state index < -0.39 is 20.8 Å². The van der Waals surface area contributed by atoms with Gasteiger partial charge in [0.15, 0.2) is 0 Å². The number of halogens is 1. The number of benzene rings is 2. The first-order chi connectivity index (χ1) is 11.8. The van der Waals surface area contributed by atoms with E-state index in [2.05, 4.69) is 0 Å². The van der Waals surface area contributed by atoms with Crippen LogP contribution in [0.3, 0.4) is 0 Å². The quantitative estimate of drug-likeness (QED) is 0.581. The summed E-state index contributed by atoms with van der Waals surface area (Å²) in [6, 6.07) is 9.44. The maximum absolute atomic E-state index is 13.1. The van der Waals surface area contributed by atoms with Gasteiger partial charge in [0, 0.05) is 24.2 Å². The molecule has 0 saturated heterocycles. The molecular weight excluding hydrogens is 347 g/mol. The van der Waals surface area contributed by atoms with Crippen LogP contribution in [0.2, 0.25) is 0 Å². The number of sulfonamides is 1. The fourth-order valence-electron chi connectivity index (χ4n) is 2.62. The van der Waals surface area contributed by atoms with E-state index in [-0.39, 0.29) is 23.2 Å². The second kappa shape index (κ2) is 6.53. The molecular formula is C17H17FN2O4S. The van der Waals surface area contributed by atoms with Gasteiger partial charge in [0.05, 0.1) is 9.82 Å². The fourth-order valence-corrected chi connectivity index (χ4v) is 4.32. The molecule has 2 aromatic rings. The summed E-state index contributed by atoms with van der Waals surface area (Å²) in [5.41, 5.74) is 0.845. The summed E-state index contributed by atoms with van der Waals surface area (Å²) in [5.74, 6) is -0.390. The molecule has 0 atom stereocenters. The third-order valence-electron chi connectivity index (χ3n) is 4.19. The van der Waals surface area contributed by atoms with E-state index >= 15 is 0 Å². The Labute approximate surface area is 145 Å². The average molecular weight is 364 g/mol. The third-order valence-corrected chi connectivity index (χ3v) is 6.08. The van der Waals surface area contributed by atoms with Gasteiger partial charge in [-0.2, -0.15) is 4.31 Å². The zero-order valence-electron chi connectivity index (χ0n) is 13.6. The van der Waals surface area contributed by atoms with Gasteiger partial charge in [-0.15, -0.1) is 0 Å². The summed E-state index contributed by atoms with van der Waals surface area (Å²) in [6.07, 6.45) is 1.49. The molecule has 0 bridgehead atoms. The second-order valence-electron chi connectivity index (χ2n) is 6.11. The minimum atomic E-state index is -3.88. The molecule has 0 heterocycles. The maximum Gasteiger partial charge on any atom is 0.273 e. The van der Waals surface area contributed by atoms with Crippen molar-refractivity contribution < 1.29 is 17.7 Å². The van der Waals surface area contributed by atoms with Crippen molar-refractivity contribution >= 4 is 15.7 Å². The molecule has 0 amide bonds. The molecule has 1 aliphatic rings. The van der Waals surface area contributed by atoms with Crippen molar-refractivity contribution in [2.24, 2.45) is 0 Å². The van der Waals surface area contributed by atoms with Crippen LogP contribution in [-0.2, 0) is 16.6 Å². The summed E-state index contributed by atoms with van der Waals surface area (Å²) in [4.78, 5) is 10.4. The second-order valence-corrected chi connectivity index (χ2v) is 8.00. The lowest BCUT2D eigenvalue weighted by atomic mass is 10.2. The minimum absolute atomic E-state index is 0.0983. The van der Waals surface area contributed by atoms with Crippen LogP contribution >= 0.6 is 0 Å². The van der Waals surface area contributed by atoms with Gasteiger partial charge in [-0.25, -0.2) is 12.8 Å². The Morgan fingerprint density at radius 1 is 1.20 bits per heavy atom. The summed E-state index contributed by atoms with van der Waals surface area (Å²) in [5, 5.41) is 11.1. The highest BCUT2D eigenvalue weighted by atomic mass is 32.2. The number of hydrogen-bond acceptors (Lipinski definition) is 4. The maximum atomic E-state index is 13.1. The van der Waals surface area contributed by atoms with Gasteiger partial charge >= 0.3 is 0 Å². The monoisotopic (exact) mass is 364 g/mol. The van der Waals surface area contributed by atoms with Gasteiger partial charge in [0.1, 0.15) is 5.82 Å². The van der Waals surface area contributed by atoms with E-state index in [0.717, 1.165) is 18.9 Å². The molecule has 1 saturated carbocycles. The third kappa shape index (κ3) is 3.69. The molecule has 0 aliphatic heterocycles. The average Bonchev–Trinajstić information content (AvgIpc) is 3.38. The Bertz CT molecular complexity index is 909. The zero-order valence-corrected chi connectivity index (χ0v) is 14.4. The van der Waals surface area contributed by atoms with Crippen LogP contribution in [0.5, 0.6) is 0 Å². The first kappa shape index (κ1) is 17.5. The summed E-state index contributed by atoms with van der Waals surface area (Å²) < 4.78 is 40.4. The molecule has 2 aromatic carbocycles. The number of rotatable bonds is 6.